The normalized spacial score (nSPS) is 19.7. The Morgan fingerprint density at radius 1 is 1.60 bits per heavy atom. The van der Waals surface area contributed by atoms with E-state index in [1.54, 1.807) is 6.07 Å². The highest BCUT2D eigenvalue weighted by Gasteiger charge is 2.40. The molecule has 1 saturated heterocycles. The molecule has 0 amide bonds. The van der Waals surface area contributed by atoms with Gasteiger partial charge in [0.05, 0.1) is 4.34 Å². The summed E-state index contributed by atoms with van der Waals surface area (Å²) < 4.78 is 31.2. The number of nitrogens with zero attached hydrogens (tertiary/aromatic N) is 2. The monoisotopic (exact) mass is 334 g/mol. The van der Waals surface area contributed by atoms with Gasteiger partial charge in [-0.05, 0) is 25.0 Å². The van der Waals surface area contributed by atoms with Crippen LogP contribution in [0, 0.1) is 11.3 Å². The van der Waals surface area contributed by atoms with Crippen LogP contribution >= 0.6 is 22.9 Å². The lowest BCUT2D eigenvalue weighted by Gasteiger charge is -2.21. The third-order valence-electron chi connectivity index (χ3n) is 2.87. The Labute approximate surface area is 125 Å². The molecule has 0 saturated carbocycles. The molecule has 0 aromatic carbocycles. The molecule has 0 bridgehead atoms. The summed E-state index contributed by atoms with van der Waals surface area (Å²) in [6.07, 6.45) is 0.966. The summed E-state index contributed by atoms with van der Waals surface area (Å²) in [5, 5.41) is 8.39. The van der Waals surface area contributed by atoms with Crippen molar-refractivity contribution in [3.05, 3.63) is 16.5 Å². The smallest absolute Gasteiger partial charge is 0.325 e. The summed E-state index contributed by atoms with van der Waals surface area (Å²) in [6.45, 7) is -0.127. The summed E-state index contributed by atoms with van der Waals surface area (Å²) in [4.78, 5) is 11.8. The minimum atomic E-state index is -3.75. The Hall–Kier alpha value is -1.14. The third-order valence-corrected chi connectivity index (χ3v) is 6.47. The highest BCUT2D eigenvalue weighted by Crippen LogP contribution is 2.32. The number of esters is 1. The molecular formula is C11H11ClN2O4S2. The van der Waals surface area contributed by atoms with Crippen LogP contribution in [-0.2, 0) is 19.6 Å². The van der Waals surface area contributed by atoms with E-state index in [9.17, 15) is 13.2 Å². The van der Waals surface area contributed by atoms with Gasteiger partial charge in [0.25, 0.3) is 10.0 Å². The average Bonchev–Trinajstić information content (AvgIpc) is 3.04. The first kappa shape index (κ1) is 15.3. The van der Waals surface area contributed by atoms with E-state index in [-0.39, 0.29) is 17.4 Å². The van der Waals surface area contributed by atoms with Crippen LogP contribution in [0.1, 0.15) is 12.8 Å². The van der Waals surface area contributed by atoms with Crippen molar-refractivity contribution in [2.75, 3.05) is 13.2 Å². The van der Waals surface area contributed by atoms with Gasteiger partial charge in [0.2, 0.25) is 0 Å². The summed E-state index contributed by atoms with van der Waals surface area (Å²) in [6, 6.07) is 3.73. The molecule has 2 heterocycles. The highest BCUT2D eigenvalue weighted by atomic mass is 35.5. The number of carbonyl (C=O) groups excluding carboxylic acids is 1. The van der Waals surface area contributed by atoms with Gasteiger partial charge in [0.15, 0.2) is 6.61 Å². The van der Waals surface area contributed by atoms with Crippen LogP contribution in [0.2, 0.25) is 4.34 Å². The summed E-state index contributed by atoms with van der Waals surface area (Å²) in [7, 11) is -3.75. The van der Waals surface area contributed by atoms with Gasteiger partial charge in [-0.1, -0.05) is 11.6 Å². The summed E-state index contributed by atoms with van der Waals surface area (Å²) >= 11 is 6.69. The lowest BCUT2D eigenvalue weighted by atomic mass is 10.2. The fourth-order valence-electron chi connectivity index (χ4n) is 2.01. The second-order valence-corrected chi connectivity index (χ2v) is 7.93. The van der Waals surface area contributed by atoms with Crippen LogP contribution in [0.3, 0.4) is 0 Å². The minimum absolute atomic E-state index is 0.0995. The van der Waals surface area contributed by atoms with E-state index >= 15 is 0 Å². The van der Waals surface area contributed by atoms with Gasteiger partial charge in [-0.2, -0.15) is 9.57 Å². The van der Waals surface area contributed by atoms with Gasteiger partial charge in [0, 0.05) is 6.54 Å². The maximum absolute atomic E-state index is 12.4. The molecule has 1 aromatic rings. The molecule has 20 heavy (non-hydrogen) atoms. The Kier molecular flexibility index (Phi) is 4.65. The van der Waals surface area contributed by atoms with Gasteiger partial charge in [-0.3, -0.25) is 4.79 Å². The maximum Gasteiger partial charge on any atom is 0.325 e. The molecule has 1 fully saturated rings. The zero-order chi connectivity index (χ0) is 14.8. The van der Waals surface area contributed by atoms with Crippen LogP contribution in [0.4, 0.5) is 0 Å². The molecule has 2 rings (SSSR count). The molecule has 0 N–H and O–H groups in total. The first-order chi connectivity index (χ1) is 9.46. The third kappa shape index (κ3) is 2.96. The molecule has 1 aliphatic rings. The number of nitriles is 1. The number of hydrogen-bond acceptors (Lipinski definition) is 6. The molecular weight excluding hydrogens is 324 g/mol. The van der Waals surface area contributed by atoms with Crippen LogP contribution < -0.4 is 0 Å². The van der Waals surface area contributed by atoms with Crippen molar-refractivity contribution in [3.63, 3.8) is 0 Å². The number of ether oxygens (including phenoxy) is 1. The Morgan fingerprint density at radius 3 is 2.95 bits per heavy atom. The van der Waals surface area contributed by atoms with Crippen LogP contribution in [0.15, 0.2) is 16.3 Å². The number of halogens is 1. The van der Waals surface area contributed by atoms with E-state index in [0.29, 0.717) is 17.2 Å². The fraction of sp³-hybridized carbons (Fsp3) is 0.455. The maximum atomic E-state index is 12.4. The van der Waals surface area contributed by atoms with Crippen LogP contribution in [0.25, 0.3) is 0 Å². The van der Waals surface area contributed by atoms with Crippen molar-refractivity contribution in [2.45, 2.75) is 23.1 Å². The molecule has 0 radical (unpaired) electrons. The quantitative estimate of drug-likeness (QED) is 0.781. The Morgan fingerprint density at radius 2 is 2.35 bits per heavy atom. The van der Waals surface area contributed by atoms with Crippen molar-refractivity contribution in [2.24, 2.45) is 0 Å². The lowest BCUT2D eigenvalue weighted by molar-refractivity contribution is -0.146. The Balaban J connectivity index is 2.22. The topological polar surface area (TPSA) is 87.5 Å². The largest absolute Gasteiger partial charge is 0.449 e. The standard InChI is InChI=1S/C11H11ClN2O4S2/c12-9-3-4-10(19-9)20(16,17)14-6-1-2-8(14)11(15)18-7-5-13/h3-4,8H,1-2,6-7H2. The number of thiophene rings is 1. The predicted octanol–water partition coefficient (Wildman–Crippen LogP) is 1.62. The highest BCUT2D eigenvalue weighted by molar-refractivity contribution is 7.91. The predicted molar refractivity (Wildman–Crippen MR) is 72.8 cm³/mol. The fourth-order valence-corrected chi connectivity index (χ4v) is 5.27. The number of hydrogen-bond donors (Lipinski definition) is 0. The molecule has 0 spiro atoms. The van der Waals surface area contributed by atoms with Gasteiger partial charge < -0.3 is 4.74 Å². The van der Waals surface area contributed by atoms with Gasteiger partial charge >= 0.3 is 5.97 Å². The molecule has 1 aliphatic heterocycles. The van der Waals surface area contributed by atoms with E-state index in [1.807, 2.05) is 0 Å². The number of sulfonamides is 1. The van der Waals surface area contributed by atoms with Crippen molar-refractivity contribution < 1.29 is 17.9 Å². The van der Waals surface area contributed by atoms with Crippen LogP contribution in [-0.4, -0.2) is 37.9 Å². The summed E-state index contributed by atoms with van der Waals surface area (Å²) in [5.74, 6) is -0.685. The van der Waals surface area contributed by atoms with Crippen molar-refractivity contribution in [3.8, 4) is 6.07 Å². The number of carbonyl (C=O) groups is 1. The van der Waals surface area contributed by atoms with Gasteiger partial charge in [0.1, 0.15) is 16.3 Å². The molecule has 6 nitrogen and oxygen atoms in total. The van der Waals surface area contributed by atoms with Gasteiger partial charge in [-0.15, -0.1) is 11.3 Å². The first-order valence-electron chi connectivity index (χ1n) is 5.77. The number of rotatable bonds is 4. The van der Waals surface area contributed by atoms with Crippen molar-refractivity contribution >= 4 is 38.9 Å². The Bertz CT molecular complexity index is 650. The molecule has 1 atom stereocenters. The summed E-state index contributed by atoms with van der Waals surface area (Å²) in [5.41, 5.74) is 0. The molecule has 1 unspecified atom stereocenters. The molecule has 108 valence electrons. The van der Waals surface area contributed by atoms with E-state index in [4.69, 9.17) is 21.6 Å². The second kappa shape index (κ2) is 6.10. The molecule has 0 aliphatic carbocycles. The van der Waals surface area contributed by atoms with E-state index < -0.39 is 22.0 Å². The van der Waals surface area contributed by atoms with E-state index in [0.717, 1.165) is 15.6 Å². The van der Waals surface area contributed by atoms with E-state index in [1.165, 1.54) is 12.1 Å². The second-order valence-electron chi connectivity index (χ2n) is 4.10. The zero-order valence-corrected chi connectivity index (χ0v) is 12.7. The average molecular weight is 335 g/mol. The SMILES string of the molecule is N#CCOC(=O)C1CCCN1S(=O)(=O)c1ccc(Cl)s1. The first-order valence-corrected chi connectivity index (χ1v) is 8.41. The van der Waals surface area contributed by atoms with Crippen molar-refractivity contribution in [1.29, 1.82) is 5.26 Å². The minimum Gasteiger partial charge on any atom is -0.449 e. The molecule has 9 heteroatoms. The van der Waals surface area contributed by atoms with Gasteiger partial charge in [-0.25, -0.2) is 8.42 Å². The van der Waals surface area contributed by atoms with Crippen molar-refractivity contribution in [1.82, 2.24) is 4.31 Å². The lowest BCUT2D eigenvalue weighted by Crippen LogP contribution is -2.41. The van der Waals surface area contributed by atoms with E-state index in [2.05, 4.69) is 0 Å². The zero-order valence-electron chi connectivity index (χ0n) is 10.3. The van der Waals surface area contributed by atoms with Crippen LogP contribution in [0.5, 0.6) is 0 Å². The molecule has 1 aromatic heterocycles.